The number of nitrogens with zero attached hydrogens (tertiary/aromatic N) is 2. The number of nitro groups is 1. The van der Waals surface area contributed by atoms with Gasteiger partial charge in [0.15, 0.2) is 0 Å². The zero-order chi connectivity index (χ0) is 17.0. The van der Waals surface area contributed by atoms with Crippen LogP contribution in [0.4, 0.5) is 11.4 Å². The Hall–Kier alpha value is -2.48. The van der Waals surface area contributed by atoms with Crippen molar-refractivity contribution in [3.63, 3.8) is 0 Å². The van der Waals surface area contributed by atoms with E-state index in [2.05, 4.69) is 5.32 Å². The van der Waals surface area contributed by atoms with Gasteiger partial charge in [0, 0.05) is 25.1 Å². The number of benzene rings is 1. The van der Waals surface area contributed by atoms with Crippen LogP contribution in [0.5, 0.6) is 0 Å². The molecule has 1 unspecified atom stereocenters. The minimum absolute atomic E-state index is 0.0835. The van der Waals surface area contributed by atoms with Gasteiger partial charge >= 0.3 is 5.97 Å². The molecule has 124 valence electrons. The summed E-state index contributed by atoms with van der Waals surface area (Å²) in [6.07, 6.45) is 1.95. The van der Waals surface area contributed by atoms with Crippen molar-refractivity contribution >= 4 is 23.3 Å². The van der Waals surface area contributed by atoms with Crippen LogP contribution in [0.15, 0.2) is 24.3 Å². The van der Waals surface area contributed by atoms with Crippen LogP contribution in [0.3, 0.4) is 0 Å². The number of aliphatic carboxylic acids is 1. The number of hydrogen-bond donors (Lipinski definition) is 2. The van der Waals surface area contributed by atoms with Crippen LogP contribution in [0.25, 0.3) is 0 Å². The maximum atomic E-state index is 12.0. The first-order valence-electron chi connectivity index (χ1n) is 7.42. The maximum Gasteiger partial charge on any atom is 0.320 e. The smallest absolute Gasteiger partial charge is 0.320 e. The average Bonchev–Trinajstić information content (AvgIpc) is 3.32. The van der Waals surface area contributed by atoms with E-state index >= 15 is 0 Å². The van der Waals surface area contributed by atoms with Crippen molar-refractivity contribution in [2.75, 3.05) is 11.9 Å². The van der Waals surface area contributed by atoms with Gasteiger partial charge in [-0.05, 0) is 25.8 Å². The summed E-state index contributed by atoms with van der Waals surface area (Å²) in [5.74, 6) is -1.29. The summed E-state index contributed by atoms with van der Waals surface area (Å²) in [4.78, 5) is 35.3. The second-order valence-corrected chi connectivity index (χ2v) is 5.56. The Balaban J connectivity index is 1.94. The quantitative estimate of drug-likeness (QED) is 0.558. The van der Waals surface area contributed by atoms with Crippen molar-refractivity contribution < 1.29 is 19.6 Å². The summed E-state index contributed by atoms with van der Waals surface area (Å²) in [6.45, 7) is 1.91. The SMILES string of the molecule is CC(C(=O)O)N(CCC(=O)Nc1ccccc1[N+](=O)[O-])C1CC1. The van der Waals surface area contributed by atoms with Gasteiger partial charge in [0.25, 0.3) is 5.69 Å². The number of carbonyl (C=O) groups is 2. The molecule has 1 aromatic rings. The molecule has 8 heteroatoms. The summed E-state index contributed by atoms with van der Waals surface area (Å²) < 4.78 is 0. The molecule has 0 spiro atoms. The Kier molecular flexibility index (Phi) is 5.28. The molecule has 0 aliphatic heterocycles. The highest BCUT2D eigenvalue weighted by molar-refractivity contribution is 5.93. The lowest BCUT2D eigenvalue weighted by Crippen LogP contribution is -2.42. The molecule has 1 aromatic carbocycles. The second-order valence-electron chi connectivity index (χ2n) is 5.56. The van der Waals surface area contributed by atoms with Crippen LogP contribution in [-0.2, 0) is 9.59 Å². The van der Waals surface area contributed by atoms with E-state index in [1.165, 1.54) is 18.2 Å². The van der Waals surface area contributed by atoms with Crippen LogP contribution in [-0.4, -0.2) is 45.4 Å². The lowest BCUT2D eigenvalue weighted by Gasteiger charge is -2.25. The average molecular weight is 321 g/mol. The van der Waals surface area contributed by atoms with Crippen LogP contribution in [0.2, 0.25) is 0 Å². The van der Waals surface area contributed by atoms with Gasteiger partial charge in [-0.1, -0.05) is 12.1 Å². The molecule has 1 amide bonds. The number of rotatable bonds is 8. The summed E-state index contributed by atoms with van der Waals surface area (Å²) in [5.41, 5.74) is -0.0226. The number of nitro benzene ring substituents is 1. The summed E-state index contributed by atoms with van der Waals surface area (Å²) >= 11 is 0. The van der Waals surface area contributed by atoms with Crippen molar-refractivity contribution in [3.8, 4) is 0 Å². The Morgan fingerprint density at radius 2 is 2.09 bits per heavy atom. The van der Waals surface area contributed by atoms with Crippen LogP contribution in [0, 0.1) is 10.1 Å². The van der Waals surface area contributed by atoms with E-state index in [1.54, 1.807) is 17.9 Å². The highest BCUT2D eigenvalue weighted by atomic mass is 16.6. The minimum atomic E-state index is -0.920. The van der Waals surface area contributed by atoms with Gasteiger partial charge in [-0.15, -0.1) is 0 Å². The largest absolute Gasteiger partial charge is 0.480 e. The lowest BCUT2D eigenvalue weighted by atomic mass is 10.2. The summed E-state index contributed by atoms with van der Waals surface area (Å²) in [5, 5.41) is 22.5. The van der Waals surface area contributed by atoms with E-state index in [-0.39, 0.29) is 29.7 Å². The molecule has 0 heterocycles. The van der Waals surface area contributed by atoms with E-state index < -0.39 is 16.9 Å². The van der Waals surface area contributed by atoms with E-state index in [4.69, 9.17) is 5.11 Å². The molecular weight excluding hydrogens is 302 g/mol. The molecule has 0 saturated heterocycles. The molecule has 1 aliphatic carbocycles. The minimum Gasteiger partial charge on any atom is -0.480 e. The van der Waals surface area contributed by atoms with Crippen molar-refractivity contribution in [1.82, 2.24) is 4.90 Å². The fourth-order valence-electron chi connectivity index (χ4n) is 2.42. The monoisotopic (exact) mass is 321 g/mol. The standard InChI is InChI=1S/C15H19N3O5/c1-10(15(20)21)17(11-6-7-11)9-8-14(19)16-12-4-2-3-5-13(12)18(22)23/h2-5,10-11H,6-9H2,1H3,(H,16,19)(H,20,21). The fraction of sp³-hybridized carbons (Fsp3) is 0.467. The molecule has 1 fully saturated rings. The summed E-state index contributed by atoms with van der Waals surface area (Å²) in [7, 11) is 0. The van der Waals surface area contributed by atoms with Gasteiger partial charge < -0.3 is 10.4 Å². The van der Waals surface area contributed by atoms with Gasteiger partial charge in [-0.3, -0.25) is 24.6 Å². The maximum absolute atomic E-state index is 12.0. The molecule has 0 radical (unpaired) electrons. The van der Waals surface area contributed by atoms with E-state index in [1.807, 2.05) is 0 Å². The molecule has 1 atom stereocenters. The van der Waals surface area contributed by atoms with Gasteiger partial charge in [0.1, 0.15) is 11.7 Å². The molecule has 2 rings (SSSR count). The number of carboxylic acids is 1. The number of hydrogen-bond acceptors (Lipinski definition) is 5. The molecule has 1 aliphatic rings. The van der Waals surface area contributed by atoms with Crippen LogP contribution >= 0.6 is 0 Å². The fourth-order valence-corrected chi connectivity index (χ4v) is 2.42. The number of amides is 1. The topological polar surface area (TPSA) is 113 Å². The number of para-hydroxylation sites is 2. The van der Waals surface area contributed by atoms with Gasteiger partial charge in [0.05, 0.1) is 4.92 Å². The Morgan fingerprint density at radius 3 is 2.65 bits per heavy atom. The Labute approximate surface area is 133 Å². The first-order valence-corrected chi connectivity index (χ1v) is 7.42. The molecule has 0 bridgehead atoms. The van der Waals surface area contributed by atoms with E-state index in [9.17, 15) is 19.7 Å². The van der Waals surface area contributed by atoms with Gasteiger partial charge in [-0.25, -0.2) is 0 Å². The zero-order valence-electron chi connectivity index (χ0n) is 12.8. The van der Waals surface area contributed by atoms with E-state index in [0.29, 0.717) is 6.54 Å². The predicted molar refractivity (Wildman–Crippen MR) is 83.2 cm³/mol. The zero-order valence-corrected chi connectivity index (χ0v) is 12.8. The lowest BCUT2D eigenvalue weighted by molar-refractivity contribution is -0.383. The van der Waals surface area contributed by atoms with Gasteiger partial charge in [-0.2, -0.15) is 0 Å². The van der Waals surface area contributed by atoms with Crippen molar-refractivity contribution in [3.05, 3.63) is 34.4 Å². The Morgan fingerprint density at radius 1 is 1.43 bits per heavy atom. The molecule has 0 aromatic heterocycles. The number of carboxylic acid groups (broad SMARTS) is 1. The molecule has 23 heavy (non-hydrogen) atoms. The highest BCUT2D eigenvalue weighted by Gasteiger charge is 2.35. The summed E-state index contributed by atoms with van der Waals surface area (Å²) in [6, 6.07) is 5.47. The van der Waals surface area contributed by atoms with Crippen LogP contribution in [0.1, 0.15) is 26.2 Å². The number of nitrogens with one attached hydrogen (secondary N) is 1. The first kappa shape index (κ1) is 16.9. The first-order chi connectivity index (χ1) is 10.9. The third-order valence-corrected chi connectivity index (χ3v) is 3.84. The Bertz CT molecular complexity index is 615. The molecule has 8 nitrogen and oxygen atoms in total. The van der Waals surface area contributed by atoms with Crippen molar-refractivity contribution in [2.45, 2.75) is 38.3 Å². The molecular formula is C15H19N3O5. The molecule has 1 saturated carbocycles. The van der Waals surface area contributed by atoms with Crippen LogP contribution < -0.4 is 5.32 Å². The number of carbonyl (C=O) groups excluding carboxylic acids is 1. The van der Waals surface area contributed by atoms with Gasteiger partial charge in [0.2, 0.25) is 5.91 Å². The van der Waals surface area contributed by atoms with E-state index in [0.717, 1.165) is 12.8 Å². The van der Waals surface area contributed by atoms with Crippen molar-refractivity contribution in [2.24, 2.45) is 0 Å². The second kappa shape index (κ2) is 7.19. The predicted octanol–water partition coefficient (Wildman–Crippen LogP) is 1.86. The normalized spacial score (nSPS) is 15.2. The third kappa shape index (κ3) is 4.49. The third-order valence-electron chi connectivity index (χ3n) is 3.84. The number of anilines is 1. The van der Waals surface area contributed by atoms with Crippen molar-refractivity contribution in [1.29, 1.82) is 0 Å². The molecule has 2 N–H and O–H groups in total. The highest BCUT2D eigenvalue weighted by Crippen LogP contribution is 2.29.